The smallest absolute Gasteiger partial charge is 0.243 e. The fourth-order valence-corrected chi connectivity index (χ4v) is 4.44. The van der Waals surface area contributed by atoms with E-state index in [2.05, 4.69) is 5.32 Å². The molecule has 0 aliphatic carbocycles. The number of ether oxygens (including phenoxy) is 2. The highest BCUT2D eigenvalue weighted by Gasteiger charge is 2.27. The predicted molar refractivity (Wildman–Crippen MR) is 119 cm³/mol. The Morgan fingerprint density at radius 3 is 2.22 bits per heavy atom. The molecule has 3 aromatic carbocycles. The number of nitrogens with zero attached hydrogens (tertiary/aromatic N) is 1. The van der Waals surface area contributed by atoms with Gasteiger partial charge in [-0.2, -0.15) is 4.31 Å². The van der Waals surface area contributed by atoms with Crippen LogP contribution in [-0.2, 0) is 21.4 Å². The van der Waals surface area contributed by atoms with Crippen LogP contribution in [0.5, 0.6) is 11.5 Å². The summed E-state index contributed by atoms with van der Waals surface area (Å²) in [4.78, 5) is 12.8. The lowest BCUT2D eigenvalue weighted by Crippen LogP contribution is -2.37. The van der Waals surface area contributed by atoms with Crippen LogP contribution in [0.25, 0.3) is 0 Å². The molecule has 0 aliphatic heterocycles. The van der Waals surface area contributed by atoms with Gasteiger partial charge in [0, 0.05) is 18.3 Å². The summed E-state index contributed by atoms with van der Waals surface area (Å²) in [7, 11) is -1.02. The number of halogens is 1. The third-order valence-electron chi connectivity index (χ3n) is 4.64. The highest BCUT2D eigenvalue weighted by molar-refractivity contribution is 7.89. The van der Waals surface area contributed by atoms with Crippen molar-refractivity contribution in [3.63, 3.8) is 0 Å². The Kier molecular flexibility index (Phi) is 7.45. The molecular weight excluding hydrogens is 435 g/mol. The van der Waals surface area contributed by atoms with Crippen molar-refractivity contribution in [3.05, 3.63) is 84.2 Å². The molecule has 32 heavy (non-hydrogen) atoms. The molecule has 0 atom stereocenters. The SMILES string of the molecule is COc1ccc(NC(=O)CN(Cc2ccc(F)cc2)S(=O)(=O)c2ccccc2)cc1OC. The number of anilines is 1. The van der Waals surface area contributed by atoms with Gasteiger partial charge in [-0.25, -0.2) is 12.8 Å². The lowest BCUT2D eigenvalue weighted by molar-refractivity contribution is -0.116. The number of carbonyl (C=O) groups excluding carboxylic acids is 1. The number of hydrogen-bond acceptors (Lipinski definition) is 5. The van der Waals surface area contributed by atoms with Gasteiger partial charge in [0.05, 0.1) is 25.7 Å². The van der Waals surface area contributed by atoms with Gasteiger partial charge < -0.3 is 14.8 Å². The van der Waals surface area contributed by atoms with Crippen LogP contribution in [0.15, 0.2) is 77.7 Å². The summed E-state index contributed by atoms with van der Waals surface area (Å²) in [6.07, 6.45) is 0. The molecule has 3 rings (SSSR count). The molecule has 168 valence electrons. The molecular formula is C23H23FN2O5S. The van der Waals surface area contributed by atoms with Gasteiger partial charge in [0.2, 0.25) is 15.9 Å². The number of nitrogens with one attached hydrogen (secondary N) is 1. The van der Waals surface area contributed by atoms with Crippen molar-refractivity contribution < 1.29 is 27.1 Å². The number of benzene rings is 3. The Morgan fingerprint density at radius 2 is 1.59 bits per heavy atom. The fourth-order valence-electron chi connectivity index (χ4n) is 3.04. The predicted octanol–water partition coefficient (Wildman–Crippen LogP) is 3.67. The first kappa shape index (κ1) is 23.2. The number of sulfonamides is 1. The first-order valence-electron chi connectivity index (χ1n) is 9.65. The van der Waals surface area contributed by atoms with Crippen LogP contribution in [0, 0.1) is 5.82 Å². The van der Waals surface area contributed by atoms with Gasteiger partial charge in [-0.05, 0) is 42.0 Å². The minimum Gasteiger partial charge on any atom is -0.493 e. The monoisotopic (exact) mass is 458 g/mol. The number of carbonyl (C=O) groups is 1. The van der Waals surface area contributed by atoms with Gasteiger partial charge in [0.15, 0.2) is 11.5 Å². The minimum atomic E-state index is -3.99. The van der Waals surface area contributed by atoms with Crippen LogP contribution in [0.2, 0.25) is 0 Å². The highest BCUT2D eigenvalue weighted by Crippen LogP contribution is 2.29. The van der Waals surface area contributed by atoms with Gasteiger partial charge in [-0.1, -0.05) is 30.3 Å². The van der Waals surface area contributed by atoms with Crippen molar-refractivity contribution in [1.82, 2.24) is 4.31 Å². The van der Waals surface area contributed by atoms with E-state index in [-0.39, 0.29) is 11.4 Å². The molecule has 0 unspecified atom stereocenters. The van der Waals surface area contributed by atoms with Gasteiger partial charge >= 0.3 is 0 Å². The quantitative estimate of drug-likeness (QED) is 0.529. The average Bonchev–Trinajstić information content (AvgIpc) is 2.80. The Morgan fingerprint density at radius 1 is 0.938 bits per heavy atom. The van der Waals surface area contributed by atoms with Crippen LogP contribution in [0.1, 0.15) is 5.56 Å². The first-order chi connectivity index (χ1) is 15.3. The Bertz CT molecular complexity index is 1170. The summed E-state index contributed by atoms with van der Waals surface area (Å²) in [6.45, 7) is -0.542. The van der Waals surface area contributed by atoms with Crippen LogP contribution >= 0.6 is 0 Å². The van der Waals surface area contributed by atoms with Crippen molar-refractivity contribution in [3.8, 4) is 11.5 Å². The summed E-state index contributed by atoms with van der Waals surface area (Å²) < 4.78 is 51.1. The molecule has 0 aliphatic rings. The van der Waals surface area contributed by atoms with Crippen molar-refractivity contribution in [2.45, 2.75) is 11.4 Å². The average molecular weight is 459 g/mol. The lowest BCUT2D eigenvalue weighted by atomic mass is 10.2. The maximum Gasteiger partial charge on any atom is 0.243 e. The van der Waals surface area contributed by atoms with Crippen LogP contribution in [0.3, 0.4) is 0 Å². The molecule has 0 aromatic heterocycles. The van der Waals surface area contributed by atoms with E-state index in [0.717, 1.165) is 4.31 Å². The van der Waals surface area contributed by atoms with E-state index < -0.39 is 28.3 Å². The van der Waals surface area contributed by atoms with E-state index in [1.165, 1.54) is 50.6 Å². The summed E-state index contributed by atoms with van der Waals surface area (Å²) in [5.74, 6) is -0.0586. The molecule has 0 fully saturated rings. The van der Waals surface area contributed by atoms with Gasteiger partial charge in [-0.15, -0.1) is 0 Å². The van der Waals surface area contributed by atoms with Gasteiger partial charge in [0.1, 0.15) is 5.82 Å². The second-order valence-electron chi connectivity index (χ2n) is 6.83. The van der Waals surface area contributed by atoms with Crippen LogP contribution < -0.4 is 14.8 Å². The molecule has 7 nitrogen and oxygen atoms in total. The molecule has 1 amide bonds. The Hall–Kier alpha value is -3.43. The third-order valence-corrected chi connectivity index (χ3v) is 6.45. The summed E-state index contributed by atoms with van der Waals surface area (Å²) in [5, 5.41) is 2.68. The second-order valence-corrected chi connectivity index (χ2v) is 8.77. The van der Waals surface area contributed by atoms with Crippen LogP contribution in [0.4, 0.5) is 10.1 Å². The summed E-state index contributed by atoms with van der Waals surface area (Å²) in [5.41, 5.74) is 0.969. The molecule has 0 saturated carbocycles. The van der Waals surface area contributed by atoms with Gasteiger partial charge in [0.25, 0.3) is 0 Å². The normalized spacial score (nSPS) is 11.2. The first-order valence-corrected chi connectivity index (χ1v) is 11.1. The zero-order chi connectivity index (χ0) is 23.1. The molecule has 0 bridgehead atoms. The van der Waals surface area contributed by atoms with E-state index in [4.69, 9.17) is 9.47 Å². The standard InChI is InChI=1S/C23H23FN2O5S/c1-30-21-13-12-19(14-22(21)31-2)25-23(27)16-26(15-17-8-10-18(24)11-9-17)32(28,29)20-6-4-3-5-7-20/h3-14H,15-16H2,1-2H3,(H,25,27). The molecule has 1 N–H and O–H groups in total. The van der Waals surface area contributed by atoms with Crippen molar-refractivity contribution in [1.29, 1.82) is 0 Å². The summed E-state index contributed by atoms with van der Waals surface area (Å²) in [6, 6.07) is 18.1. The topological polar surface area (TPSA) is 84.9 Å². The number of methoxy groups -OCH3 is 2. The number of hydrogen-bond donors (Lipinski definition) is 1. The molecule has 9 heteroatoms. The maximum absolute atomic E-state index is 13.3. The molecule has 0 radical (unpaired) electrons. The number of amides is 1. The van der Waals surface area contributed by atoms with Gasteiger partial charge in [-0.3, -0.25) is 4.79 Å². The van der Waals surface area contributed by atoms with E-state index in [1.807, 2.05) is 0 Å². The van der Waals surface area contributed by atoms with E-state index in [9.17, 15) is 17.6 Å². The second kappa shape index (κ2) is 10.3. The largest absolute Gasteiger partial charge is 0.493 e. The number of rotatable bonds is 9. The Balaban J connectivity index is 1.84. The van der Waals surface area contributed by atoms with Crippen LogP contribution in [-0.4, -0.2) is 39.4 Å². The third kappa shape index (κ3) is 5.63. The molecule has 0 spiro atoms. The van der Waals surface area contributed by atoms with E-state index in [0.29, 0.717) is 22.7 Å². The minimum absolute atomic E-state index is 0.0565. The Labute approximate surface area is 186 Å². The molecule has 3 aromatic rings. The van der Waals surface area contributed by atoms with Crippen molar-refractivity contribution in [2.24, 2.45) is 0 Å². The maximum atomic E-state index is 13.3. The zero-order valence-corrected chi connectivity index (χ0v) is 18.4. The van der Waals surface area contributed by atoms with E-state index >= 15 is 0 Å². The van der Waals surface area contributed by atoms with E-state index in [1.54, 1.807) is 36.4 Å². The van der Waals surface area contributed by atoms with Crippen molar-refractivity contribution in [2.75, 3.05) is 26.1 Å². The molecule has 0 saturated heterocycles. The van der Waals surface area contributed by atoms with Crippen molar-refractivity contribution >= 4 is 21.6 Å². The zero-order valence-electron chi connectivity index (χ0n) is 17.6. The highest BCUT2D eigenvalue weighted by atomic mass is 32.2. The summed E-state index contributed by atoms with van der Waals surface area (Å²) >= 11 is 0. The molecule has 0 heterocycles. The fraction of sp³-hybridized carbons (Fsp3) is 0.174. The lowest BCUT2D eigenvalue weighted by Gasteiger charge is -2.22.